The lowest BCUT2D eigenvalue weighted by Gasteiger charge is -2.19. The van der Waals surface area contributed by atoms with Gasteiger partial charge in [0.15, 0.2) is 0 Å². The molecule has 0 aliphatic rings. The molecule has 11 heteroatoms. The van der Waals surface area contributed by atoms with Crippen LogP contribution in [0.15, 0.2) is 79.0 Å². The molecule has 0 fully saturated rings. The average molecular weight is 643 g/mol. The van der Waals surface area contributed by atoms with Crippen molar-refractivity contribution in [2.75, 3.05) is 26.9 Å². The molecule has 3 aromatic carbocycles. The van der Waals surface area contributed by atoms with Gasteiger partial charge in [-0.05, 0) is 73.2 Å². The highest BCUT2D eigenvalue weighted by molar-refractivity contribution is 5.89. The van der Waals surface area contributed by atoms with Crippen molar-refractivity contribution in [1.82, 2.24) is 15.3 Å². The Hall–Kier alpha value is -5.03. The zero-order chi connectivity index (χ0) is 33.4. The fourth-order valence-electron chi connectivity index (χ4n) is 4.89. The van der Waals surface area contributed by atoms with E-state index in [-0.39, 0.29) is 18.0 Å². The molecule has 0 radical (unpaired) electrons. The van der Waals surface area contributed by atoms with Crippen LogP contribution < -0.4 is 10.1 Å². The second-order valence-corrected chi connectivity index (χ2v) is 11.2. The van der Waals surface area contributed by atoms with Crippen molar-refractivity contribution in [2.45, 2.75) is 57.9 Å². The van der Waals surface area contributed by atoms with E-state index in [0.717, 1.165) is 54.7 Å². The van der Waals surface area contributed by atoms with E-state index in [1.807, 2.05) is 36.4 Å². The first kappa shape index (κ1) is 34.8. The number of benzene rings is 3. The van der Waals surface area contributed by atoms with Gasteiger partial charge in [-0.1, -0.05) is 37.6 Å². The number of amides is 1. The van der Waals surface area contributed by atoms with Crippen LogP contribution in [0, 0.1) is 10.1 Å². The number of nitrogens with one attached hydrogen (secondary N) is 2. The molecule has 1 unspecified atom stereocenters. The fraction of sp³-hybridized carbons (Fsp3) is 0.361. The summed E-state index contributed by atoms with van der Waals surface area (Å²) in [4.78, 5) is 44.2. The Bertz CT molecular complexity index is 1570. The molecule has 1 aromatic heterocycles. The van der Waals surface area contributed by atoms with Crippen LogP contribution in [-0.4, -0.2) is 53.7 Å². The van der Waals surface area contributed by atoms with E-state index in [1.165, 1.54) is 12.1 Å². The number of H-pyrrole nitrogens is 1. The van der Waals surface area contributed by atoms with E-state index in [0.29, 0.717) is 43.1 Å². The first-order valence-corrected chi connectivity index (χ1v) is 15.9. The molecule has 1 atom stereocenters. The van der Waals surface area contributed by atoms with Gasteiger partial charge in [-0.2, -0.15) is 0 Å². The average Bonchev–Trinajstić information content (AvgIpc) is 3.57. The molecule has 0 saturated carbocycles. The number of rotatable bonds is 19. The third-order valence-electron chi connectivity index (χ3n) is 7.66. The molecule has 4 rings (SSSR count). The lowest BCUT2D eigenvalue weighted by Crippen LogP contribution is -2.30. The maximum absolute atomic E-state index is 13.1. The Labute approximate surface area is 274 Å². The predicted octanol–water partition coefficient (Wildman–Crippen LogP) is 6.78. The Morgan fingerprint density at radius 2 is 1.64 bits per heavy atom. The van der Waals surface area contributed by atoms with Crippen molar-refractivity contribution >= 4 is 17.6 Å². The van der Waals surface area contributed by atoms with Crippen molar-refractivity contribution in [3.05, 3.63) is 112 Å². The first-order valence-electron chi connectivity index (χ1n) is 15.9. The highest BCUT2D eigenvalue weighted by atomic mass is 16.6. The van der Waals surface area contributed by atoms with E-state index in [4.69, 9.17) is 14.2 Å². The normalized spacial score (nSPS) is 11.5. The molecule has 0 saturated heterocycles. The summed E-state index contributed by atoms with van der Waals surface area (Å²) in [6.07, 6.45) is 6.55. The number of aromatic amines is 1. The fourth-order valence-corrected chi connectivity index (χ4v) is 4.89. The summed E-state index contributed by atoms with van der Waals surface area (Å²) in [6, 6.07) is 20.4. The zero-order valence-electron chi connectivity index (χ0n) is 26.9. The van der Waals surface area contributed by atoms with E-state index in [9.17, 15) is 19.7 Å². The number of nitro benzene ring substituents is 1. The molecule has 0 aliphatic carbocycles. The number of unbranched alkanes of at least 4 members (excludes halogenated alkanes) is 2. The highest BCUT2D eigenvalue weighted by Crippen LogP contribution is 2.24. The molecule has 1 heterocycles. The number of nitrogens with zero attached hydrogens (tertiary/aromatic N) is 2. The first-order chi connectivity index (χ1) is 22.9. The number of nitro groups is 1. The van der Waals surface area contributed by atoms with Crippen molar-refractivity contribution in [2.24, 2.45) is 0 Å². The molecule has 11 nitrogen and oxygen atoms in total. The molecule has 47 heavy (non-hydrogen) atoms. The molecule has 1 amide bonds. The molecule has 0 bridgehead atoms. The summed E-state index contributed by atoms with van der Waals surface area (Å²) >= 11 is 0. The third-order valence-corrected chi connectivity index (χ3v) is 7.66. The van der Waals surface area contributed by atoms with Gasteiger partial charge in [0.2, 0.25) is 5.91 Å². The molecule has 0 aliphatic heterocycles. The Kier molecular flexibility index (Phi) is 13.5. The molecular formula is C36H42N4O7. The van der Waals surface area contributed by atoms with Gasteiger partial charge < -0.3 is 24.5 Å². The molecular weight excluding hydrogens is 600 g/mol. The SMILES string of the molecule is CCCCOCCCCOC(=O)c1ccc(C(Cc2ncc(-c3ccc([N+](=O)[O-])cc3)[nH]2)NC(=O)CCc2ccc(OC)cc2)cc1. The third kappa shape index (κ3) is 11.1. The number of aryl methyl sites for hydroxylation is 1. The zero-order valence-corrected chi connectivity index (χ0v) is 26.9. The van der Waals surface area contributed by atoms with Gasteiger partial charge >= 0.3 is 5.97 Å². The van der Waals surface area contributed by atoms with Crippen molar-refractivity contribution in [1.29, 1.82) is 0 Å². The van der Waals surface area contributed by atoms with Gasteiger partial charge in [0, 0.05) is 43.8 Å². The quantitative estimate of drug-likeness (QED) is 0.0493. The summed E-state index contributed by atoms with van der Waals surface area (Å²) in [5.74, 6) is 0.850. The Morgan fingerprint density at radius 3 is 2.32 bits per heavy atom. The monoisotopic (exact) mass is 642 g/mol. The van der Waals surface area contributed by atoms with Crippen LogP contribution in [-0.2, 0) is 27.1 Å². The number of aromatic nitrogens is 2. The number of ether oxygens (including phenoxy) is 3. The standard InChI is InChI=1S/C36H42N4O7/c1-3-4-21-46-22-5-6-23-47-36(42)29-12-10-27(11-13-29)32(39-35(41)20-9-26-7-18-31(45-2)19-8-26)24-34-37-25-33(38-34)28-14-16-30(17-15-28)40(43)44/h7-8,10-19,25,32H,3-6,9,20-24H2,1-2H3,(H,37,38)(H,39,41). The van der Waals surface area contributed by atoms with Crippen molar-refractivity contribution in [3.63, 3.8) is 0 Å². The van der Waals surface area contributed by atoms with Crippen LogP contribution in [0.25, 0.3) is 11.3 Å². The highest BCUT2D eigenvalue weighted by Gasteiger charge is 2.19. The maximum Gasteiger partial charge on any atom is 0.338 e. The minimum absolute atomic E-state index is 0.00522. The Morgan fingerprint density at radius 1 is 0.936 bits per heavy atom. The molecule has 2 N–H and O–H groups in total. The minimum Gasteiger partial charge on any atom is -0.497 e. The maximum atomic E-state index is 13.1. The minimum atomic E-state index is -0.443. The van der Waals surface area contributed by atoms with Crippen molar-refractivity contribution < 1.29 is 28.7 Å². The second-order valence-electron chi connectivity index (χ2n) is 11.2. The molecule has 4 aromatic rings. The van der Waals surface area contributed by atoms with Crippen LogP contribution in [0.1, 0.15) is 72.4 Å². The van der Waals surface area contributed by atoms with E-state index in [2.05, 4.69) is 22.2 Å². The predicted molar refractivity (Wildman–Crippen MR) is 178 cm³/mol. The van der Waals surface area contributed by atoms with Gasteiger partial charge in [-0.3, -0.25) is 14.9 Å². The number of non-ortho nitro benzene ring substituents is 1. The molecule has 0 spiro atoms. The van der Waals surface area contributed by atoms with E-state index in [1.54, 1.807) is 37.6 Å². The van der Waals surface area contributed by atoms with E-state index >= 15 is 0 Å². The summed E-state index contributed by atoms with van der Waals surface area (Å²) in [5, 5.41) is 14.2. The van der Waals surface area contributed by atoms with Crippen LogP contribution in [0.3, 0.4) is 0 Å². The van der Waals surface area contributed by atoms with Crippen LogP contribution in [0.2, 0.25) is 0 Å². The number of carbonyl (C=O) groups excluding carboxylic acids is 2. The lowest BCUT2D eigenvalue weighted by molar-refractivity contribution is -0.384. The van der Waals surface area contributed by atoms with Gasteiger partial charge in [-0.25, -0.2) is 9.78 Å². The van der Waals surface area contributed by atoms with Gasteiger partial charge in [0.25, 0.3) is 5.69 Å². The van der Waals surface area contributed by atoms with Crippen LogP contribution in [0.5, 0.6) is 5.75 Å². The number of methoxy groups -OCH3 is 1. The number of esters is 1. The van der Waals surface area contributed by atoms with Gasteiger partial charge in [0.1, 0.15) is 11.6 Å². The summed E-state index contributed by atoms with van der Waals surface area (Å²) < 4.78 is 16.2. The van der Waals surface area contributed by atoms with E-state index < -0.39 is 16.9 Å². The molecule has 248 valence electrons. The summed E-state index contributed by atoms with van der Waals surface area (Å²) in [6.45, 7) is 3.86. The lowest BCUT2D eigenvalue weighted by atomic mass is 10.0. The smallest absolute Gasteiger partial charge is 0.338 e. The topological polar surface area (TPSA) is 146 Å². The van der Waals surface area contributed by atoms with Gasteiger partial charge in [-0.15, -0.1) is 0 Å². The largest absolute Gasteiger partial charge is 0.497 e. The summed E-state index contributed by atoms with van der Waals surface area (Å²) in [5.41, 5.74) is 3.70. The second kappa shape index (κ2) is 18.2. The van der Waals surface area contributed by atoms with Gasteiger partial charge in [0.05, 0.1) is 42.1 Å². The van der Waals surface area contributed by atoms with Crippen molar-refractivity contribution in [3.8, 4) is 17.0 Å². The number of carbonyl (C=O) groups is 2. The number of imidazole rings is 1. The van der Waals surface area contributed by atoms with Crippen LogP contribution in [0.4, 0.5) is 5.69 Å². The Balaban J connectivity index is 1.40. The number of hydrogen-bond acceptors (Lipinski definition) is 8. The number of hydrogen-bond donors (Lipinski definition) is 2. The summed E-state index contributed by atoms with van der Waals surface area (Å²) in [7, 11) is 1.61. The van der Waals surface area contributed by atoms with Crippen LogP contribution >= 0.6 is 0 Å².